The Morgan fingerprint density at radius 1 is 0.889 bits per heavy atom. The van der Waals surface area contributed by atoms with Gasteiger partial charge in [-0.2, -0.15) is 4.98 Å². The van der Waals surface area contributed by atoms with Gasteiger partial charge in [0.1, 0.15) is 11.6 Å². The van der Waals surface area contributed by atoms with Gasteiger partial charge in [-0.15, -0.1) is 0 Å². The molecule has 138 valence electrons. The molecule has 0 saturated heterocycles. The van der Waals surface area contributed by atoms with Crippen molar-refractivity contribution in [3.8, 4) is 17.0 Å². The van der Waals surface area contributed by atoms with Crippen LogP contribution in [0.15, 0.2) is 54.9 Å². The van der Waals surface area contributed by atoms with Crippen LogP contribution in [-0.2, 0) is 0 Å². The number of rotatable bonds is 5. The summed E-state index contributed by atoms with van der Waals surface area (Å²) < 4.78 is 0. The van der Waals surface area contributed by atoms with Crippen LogP contribution < -0.4 is 10.6 Å². The van der Waals surface area contributed by atoms with Crippen LogP contribution in [0.1, 0.15) is 32.1 Å². The quantitative estimate of drug-likeness (QED) is 0.570. The lowest BCUT2D eigenvalue weighted by molar-refractivity contribution is 0.461. The molecule has 2 aromatic heterocycles. The summed E-state index contributed by atoms with van der Waals surface area (Å²) >= 11 is 0. The van der Waals surface area contributed by atoms with Crippen LogP contribution in [0, 0.1) is 0 Å². The van der Waals surface area contributed by atoms with Gasteiger partial charge >= 0.3 is 0 Å². The van der Waals surface area contributed by atoms with Crippen LogP contribution in [0.4, 0.5) is 17.5 Å². The Hall–Kier alpha value is -3.15. The van der Waals surface area contributed by atoms with Crippen molar-refractivity contribution < 1.29 is 5.11 Å². The number of nitrogens with zero attached hydrogens (tertiary/aromatic N) is 3. The first-order valence-electron chi connectivity index (χ1n) is 9.38. The molecule has 1 aliphatic carbocycles. The number of hydrogen-bond acceptors (Lipinski definition) is 6. The molecule has 0 atom stereocenters. The van der Waals surface area contributed by atoms with Crippen LogP contribution in [0.25, 0.3) is 11.3 Å². The maximum atomic E-state index is 9.47. The summed E-state index contributed by atoms with van der Waals surface area (Å²) in [5, 5.41) is 16.3. The number of hydrogen-bond donors (Lipinski definition) is 3. The highest BCUT2D eigenvalue weighted by Gasteiger charge is 2.15. The summed E-state index contributed by atoms with van der Waals surface area (Å²) in [6, 6.07) is 13.2. The summed E-state index contributed by atoms with van der Waals surface area (Å²) in [5.74, 6) is 1.58. The number of nitrogens with one attached hydrogen (secondary N) is 2. The van der Waals surface area contributed by atoms with Crippen molar-refractivity contribution in [2.24, 2.45) is 0 Å². The number of benzene rings is 1. The largest absolute Gasteiger partial charge is 0.508 e. The highest BCUT2D eigenvalue weighted by atomic mass is 16.3. The van der Waals surface area contributed by atoms with E-state index in [1.165, 1.54) is 19.3 Å². The van der Waals surface area contributed by atoms with Gasteiger partial charge in [0.05, 0.1) is 5.69 Å². The molecule has 1 aliphatic rings. The van der Waals surface area contributed by atoms with Crippen molar-refractivity contribution in [3.05, 3.63) is 54.9 Å². The summed E-state index contributed by atoms with van der Waals surface area (Å²) in [4.78, 5) is 13.5. The number of aromatic hydroxyl groups is 1. The van der Waals surface area contributed by atoms with Crippen molar-refractivity contribution in [2.45, 2.75) is 38.1 Å². The van der Waals surface area contributed by atoms with E-state index in [2.05, 4.69) is 20.6 Å². The molecule has 27 heavy (non-hydrogen) atoms. The highest BCUT2D eigenvalue weighted by molar-refractivity contribution is 5.67. The van der Waals surface area contributed by atoms with Gasteiger partial charge in [-0.1, -0.05) is 19.3 Å². The van der Waals surface area contributed by atoms with E-state index >= 15 is 0 Å². The van der Waals surface area contributed by atoms with Crippen LogP contribution >= 0.6 is 0 Å². The normalized spacial score (nSPS) is 14.7. The molecule has 0 bridgehead atoms. The minimum Gasteiger partial charge on any atom is -0.508 e. The van der Waals surface area contributed by atoms with Crippen LogP contribution in [0.3, 0.4) is 0 Å². The van der Waals surface area contributed by atoms with E-state index in [1.54, 1.807) is 24.5 Å². The molecule has 0 unspecified atom stereocenters. The van der Waals surface area contributed by atoms with Crippen molar-refractivity contribution in [2.75, 3.05) is 10.6 Å². The Morgan fingerprint density at radius 2 is 1.63 bits per heavy atom. The van der Waals surface area contributed by atoms with Crippen molar-refractivity contribution >= 4 is 17.5 Å². The first-order valence-corrected chi connectivity index (χ1v) is 9.38. The van der Waals surface area contributed by atoms with Crippen LogP contribution in [0.5, 0.6) is 5.75 Å². The predicted octanol–water partition coefficient (Wildman–Crippen LogP) is 4.73. The molecular weight excluding hydrogens is 338 g/mol. The molecule has 0 aliphatic heterocycles. The fourth-order valence-corrected chi connectivity index (χ4v) is 3.37. The summed E-state index contributed by atoms with van der Waals surface area (Å²) in [5.41, 5.74) is 2.69. The summed E-state index contributed by atoms with van der Waals surface area (Å²) in [6.07, 6.45) is 9.65. The molecule has 1 fully saturated rings. The molecule has 4 rings (SSSR count). The number of anilines is 3. The molecule has 0 spiro atoms. The molecule has 0 amide bonds. The van der Waals surface area contributed by atoms with Gasteiger partial charge in [-0.3, -0.25) is 4.98 Å². The number of phenols is 1. The monoisotopic (exact) mass is 361 g/mol. The van der Waals surface area contributed by atoms with Gasteiger partial charge in [0.25, 0.3) is 0 Å². The molecular formula is C21H23N5O. The predicted molar refractivity (Wildman–Crippen MR) is 107 cm³/mol. The highest BCUT2D eigenvalue weighted by Crippen LogP contribution is 2.26. The van der Waals surface area contributed by atoms with Crippen LogP contribution in [-0.4, -0.2) is 26.1 Å². The van der Waals surface area contributed by atoms with Gasteiger partial charge in [-0.05, 0) is 49.2 Å². The average molecular weight is 361 g/mol. The average Bonchev–Trinajstić information content (AvgIpc) is 2.71. The zero-order valence-electron chi connectivity index (χ0n) is 15.1. The second-order valence-electron chi connectivity index (χ2n) is 6.85. The number of aromatic nitrogens is 3. The lowest BCUT2D eigenvalue weighted by atomic mass is 9.96. The third-order valence-electron chi connectivity index (χ3n) is 4.78. The minimum atomic E-state index is 0.236. The summed E-state index contributed by atoms with van der Waals surface area (Å²) in [6.45, 7) is 0. The van der Waals surface area contributed by atoms with Crippen molar-refractivity contribution in [1.29, 1.82) is 0 Å². The van der Waals surface area contributed by atoms with Gasteiger partial charge in [0.15, 0.2) is 0 Å². The fraction of sp³-hybridized carbons (Fsp3) is 0.286. The standard InChI is InChI=1S/C21H23N5O/c27-18-8-6-17(7-9-18)23-20-14-19(15-10-12-22-13-11-15)25-21(26-20)24-16-4-2-1-3-5-16/h6-14,16,27H,1-5H2,(H2,23,24,25,26). The maximum Gasteiger partial charge on any atom is 0.225 e. The van der Waals surface area contributed by atoms with E-state index in [9.17, 15) is 5.11 Å². The van der Waals surface area contributed by atoms with E-state index in [-0.39, 0.29) is 5.75 Å². The lowest BCUT2D eigenvalue weighted by Gasteiger charge is -2.23. The molecule has 2 heterocycles. The Balaban J connectivity index is 1.64. The van der Waals surface area contributed by atoms with Crippen molar-refractivity contribution in [1.82, 2.24) is 15.0 Å². The number of phenolic OH excluding ortho intramolecular Hbond substituents is 1. The smallest absolute Gasteiger partial charge is 0.225 e. The van der Waals surface area contributed by atoms with Crippen molar-refractivity contribution in [3.63, 3.8) is 0 Å². The fourth-order valence-electron chi connectivity index (χ4n) is 3.37. The zero-order chi connectivity index (χ0) is 18.5. The molecule has 6 nitrogen and oxygen atoms in total. The lowest BCUT2D eigenvalue weighted by Crippen LogP contribution is -2.23. The Kier molecular flexibility index (Phi) is 5.14. The molecule has 3 N–H and O–H groups in total. The molecule has 6 heteroatoms. The zero-order valence-corrected chi connectivity index (χ0v) is 15.1. The second-order valence-corrected chi connectivity index (χ2v) is 6.85. The first kappa shape index (κ1) is 17.3. The molecule has 1 saturated carbocycles. The Labute approximate surface area is 158 Å². The SMILES string of the molecule is Oc1ccc(Nc2cc(-c3ccncc3)nc(NC3CCCCC3)n2)cc1. The van der Waals surface area contributed by atoms with Gasteiger partial charge < -0.3 is 15.7 Å². The topological polar surface area (TPSA) is 83.0 Å². The maximum absolute atomic E-state index is 9.47. The summed E-state index contributed by atoms with van der Waals surface area (Å²) in [7, 11) is 0. The van der Waals surface area contributed by atoms with E-state index in [0.29, 0.717) is 17.8 Å². The minimum absolute atomic E-state index is 0.236. The van der Waals surface area contributed by atoms with Gasteiger partial charge in [0, 0.05) is 35.8 Å². The van der Waals surface area contributed by atoms with Crippen LogP contribution in [0.2, 0.25) is 0 Å². The van der Waals surface area contributed by atoms with E-state index < -0.39 is 0 Å². The van der Waals surface area contributed by atoms with Gasteiger partial charge in [-0.25, -0.2) is 4.98 Å². The Bertz CT molecular complexity index is 877. The second kappa shape index (κ2) is 8.03. The Morgan fingerprint density at radius 3 is 2.37 bits per heavy atom. The van der Waals surface area contributed by atoms with E-state index in [0.717, 1.165) is 29.8 Å². The van der Waals surface area contributed by atoms with E-state index in [4.69, 9.17) is 4.98 Å². The first-order chi connectivity index (χ1) is 13.3. The molecule has 3 aromatic rings. The third-order valence-corrected chi connectivity index (χ3v) is 4.78. The van der Waals surface area contributed by atoms with E-state index in [1.807, 2.05) is 30.3 Å². The number of pyridine rings is 1. The molecule has 0 radical (unpaired) electrons. The third kappa shape index (κ3) is 4.53. The molecule has 1 aromatic carbocycles. The van der Waals surface area contributed by atoms with Gasteiger partial charge in [0.2, 0.25) is 5.95 Å².